The SMILES string of the molecule is O=C1C(c2ccccc2)=C(c2ccccc2)C(=O)c2c(O)cccc21. The van der Waals surface area contributed by atoms with Crippen molar-refractivity contribution < 1.29 is 14.7 Å². The molecule has 3 nitrogen and oxygen atoms in total. The second-order valence-electron chi connectivity index (χ2n) is 5.84. The van der Waals surface area contributed by atoms with Crippen LogP contribution in [-0.2, 0) is 0 Å². The average Bonchev–Trinajstić information content (AvgIpc) is 2.65. The molecular formula is C22H14O3. The van der Waals surface area contributed by atoms with E-state index in [1.807, 2.05) is 48.5 Å². The minimum Gasteiger partial charge on any atom is -0.507 e. The summed E-state index contributed by atoms with van der Waals surface area (Å²) >= 11 is 0. The van der Waals surface area contributed by atoms with Crippen LogP contribution in [0.1, 0.15) is 31.8 Å². The third-order valence-electron chi connectivity index (χ3n) is 4.34. The summed E-state index contributed by atoms with van der Waals surface area (Å²) in [5, 5.41) is 10.2. The first kappa shape index (κ1) is 15.1. The summed E-state index contributed by atoms with van der Waals surface area (Å²) in [4.78, 5) is 26.4. The number of phenolic OH excluding ortho intramolecular Hbond substituents is 1. The second-order valence-corrected chi connectivity index (χ2v) is 5.84. The Morgan fingerprint density at radius 3 is 1.64 bits per heavy atom. The van der Waals surface area contributed by atoms with Crippen LogP contribution < -0.4 is 0 Å². The number of fused-ring (bicyclic) bond motifs is 1. The highest BCUT2D eigenvalue weighted by Gasteiger charge is 2.35. The van der Waals surface area contributed by atoms with Gasteiger partial charge in [0.1, 0.15) is 5.75 Å². The molecule has 3 aromatic rings. The molecule has 0 saturated carbocycles. The zero-order chi connectivity index (χ0) is 17.4. The zero-order valence-electron chi connectivity index (χ0n) is 13.3. The smallest absolute Gasteiger partial charge is 0.198 e. The van der Waals surface area contributed by atoms with E-state index in [-0.39, 0.29) is 28.4 Å². The van der Waals surface area contributed by atoms with Gasteiger partial charge in [0.05, 0.1) is 5.56 Å². The first-order valence-electron chi connectivity index (χ1n) is 7.95. The molecule has 0 bridgehead atoms. The molecule has 0 spiro atoms. The Kier molecular flexibility index (Phi) is 3.55. The highest BCUT2D eigenvalue weighted by Crippen LogP contribution is 2.40. The van der Waals surface area contributed by atoms with Crippen LogP contribution in [0, 0.1) is 0 Å². The molecule has 25 heavy (non-hydrogen) atoms. The number of Topliss-reactive ketones (excluding diaryl/α,β-unsaturated/α-hetero) is 2. The number of carbonyl (C=O) groups excluding carboxylic acids is 2. The molecule has 0 amide bonds. The van der Waals surface area contributed by atoms with Crippen molar-refractivity contribution in [3.05, 3.63) is 101 Å². The standard InChI is InChI=1S/C22H14O3/c23-17-13-7-12-16-20(17)22(25)19(15-10-5-2-6-11-15)18(21(16)24)14-8-3-1-4-9-14/h1-13,23H. The van der Waals surface area contributed by atoms with Crippen molar-refractivity contribution in [2.75, 3.05) is 0 Å². The third kappa shape index (κ3) is 2.37. The fourth-order valence-corrected chi connectivity index (χ4v) is 3.22. The number of aromatic hydroxyl groups is 1. The monoisotopic (exact) mass is 326 g/mol. The van der Waals surface area contributed by atoms with Crippen molar-refractivity contribution in [3.63, 3.8) is 0 Å². The summed E-state index contributed by atoms with van der Waals surface area (Å²) in [5.41, 5.74) is 2.36. The number of benzene rings is 3. The second kappa shape index (κ2) is 5.87. The third-order valence-corrected chi connectivity index (χ3v) is 4.34. The van der Waals surface area contributed by atoms with Gasteiger partial charge in [0.25, 0.3) is 0 Å². The molecule has 0 unspecified atom stereocenters. The van der Waals surface area contributed by atoms with Gasteiger partial charge in [-0.15, -0.1) is 0 Å². The van der Waals surface area contributed by atoms with Crippen LogP contribution in [0.5, 0.6) is 5.75 Å². The van der Waals surface area contributed by atoms with Crippen LogP contribution in [0.25, 0.3) is 11.1 Å². The highest BCUT2D eigenvalue weighted by molar-refractivity contribution is 6.52. The Labute approximate surface area is 144 Å². The van der Waals surface area contributed by atoms with E-state index in [0.717, 1.165) is 0 Å². The lowest BCUT2D eigenvalue weighted by atomic mass is 9.78. The maximum atomic E-state index is 13.2. The molecule has 0 atom stereocenters. The molecule has 3 aromatic carbocycles. The predicted molar refractivity (Wildman–Crippen MR) is 96.5 cm³/mol. The van der Waals surface area contributed by atoms with Crippen molar-refractivity contribution >= 4 is 22.7 Å². The molecule has 3 heteroatoms. The molecule has 0 heterocycles. The molecule has 1 aliphatic carbocycles. The van der Waals surface area contributed by atoms with E-state index in [0.29, 0.717) is 22.3 Å². The Balaban J connectivity index is 2.07. The molecule has 0 radical (unpaired) electrons. The van der Waals surface area contributed by atoms with Gasteiger partial charge in [-0.05, 0) is 17.2 Å². The predicted octanol–water partition coefficient (Wildman–Crippen LogP) is 4.38. The molecule has 0 fully saturated rings. The highest BCUT2D eigenvalue weighted by atomic mass is 16.3. The summed E-state index contributed by atoms with van der Waals surface area (Å²) < 4.78 is 0. The first-order chi connectivity index (χ1) is 12.2. The normalized spacial score (nSPS) is 13.8. The van der Waals surface area contributed by atoms with Gasteiger partial charge in [0, 0.05) is 16.7 Å². The molecule has 0 aromatic heterocycles. The topological polar surface area (TPSA) is 54.4 Å². The summed E-state index contributed by atoms with van der Waals surface area (Å²) in [6.07, 6.45) is 0. The van der Waals surface area contributed by atoms with E-state index in [9.17, 15) is 14.7 Å². The molecule has 0 aliphatic heterocycles. The molecule has 120 valence electrons. The summed E-state index contributed by atoms with van der Waals surface area (Å²) in [7, 11) is 0. The minimum atomic E-state index is -0.335. The van der Waals surface area contributed by atoms with Crippen molar-refractivity contribution in [1.82, 2.24) is 0 Å². The van der Waals surface area contributed by atoms with Gasteiger partial charge >= 0.3 is 0 Å². The van der Waals surface area contributed by atoms with Crippen molar-refractivity contribution in [2.45, 2.75) is 0 Å². The van der Waals surface area contributed by atoms with Crippen LogP contribution >= 0.6 is 0 Å². The number of phenols is 1. The Morgan fingerprint density at radius 1 is 0.560 bits per heavy atom. The number of allylic oxidation sites excluding steroid dienone is 2. The average molecular weight is 326 g/mol. The minimum absolute atomic E-state index is 0.0750. The lowest BCUT2D eigenvalue weighted by Gasteiger charge is -2.22. The van der Waals surface area contributed by atoms with Crippen LogP contribution in [0.4, 0.5) is 0 Å². The maximum Gasteiger partial charge on any atom is 0.198 e. The molecular weight excluding hydrogens is 312 g/mol. The van der Waals surface area contributed by atoms with Gasteiger partial charge in [-0.1, -0.05) is 72.8 Å². The maximum absolute atomic E-state index is 13.2. The van der Waals surface area contributed by atoms with Crippen molar-refractivity contribution in [1.29, 1.82) is 0 Å². The van der Waals surface area contributed by atoms with E-state index < -0.39 is 0 Å². The number of carbonyl (C=O) groups is 2. The summed E-state index contributed by atoms with van der Waals surface area (Å²) in [6.45, 7) is 0. The Hall–Kier alpha value is -3.46. The summed E-state index contributed by atoms with van der Waals surface area (Å²) in [5.74, 6) is -0.760. The first-order valence-corrected chi connectivity index (χ1v) is 7.95. The Morgan fingerprint density at radius 2 is 1.08 bits per heavy atom. The van der Waals surface area contributed by atoms with Crippen molar-refractivity contribution in [2.24, 2.45) is 0 Å². The molecule has 4 rings (SSSR count). The summed E-state index contributed by atoms with van der Waals surface area (Å²) in [6, 6.07) is 22.9. The quantitative estimate of drug-likeness (QED) is 0.760. The fraction of sp³-hybridized carbons (Fsp3) is 0. The largest absolute Gasteiger partial charge is 0.507 e. The van der Waals surface area contributed by atoms with E-state index in [1.54, 1.807) is 24.3 Å². The van der Waals surface area contributed by atoms with E-state index in [4.69, 9.17) is 0 Å². The van der Waals surface area contributed by atoms with Crippen LogP contribution in [-0.4, -0.2) is 16.7 Å². The van der Waals surface area contributed by atoms with Gasteiger partial charge in [0.2, 0.25) is 0 Å². The number of hydrogen-bond acceptors (Lipinski definition) is 3. The lowest BCUT2D eigenvalue weighted by Crippen LogP contribution is -2.21. The number of ketones is 2. The van der Waals surface area contributed by atoms with Crippen LogP contribution in [0.3, 0.4) is 0 Å². The van der Waals surface area contributed by atoms with E-state index in [1.165, 1.54) is 6.07 Å². The number of hydrogen-bond donors (Lipinski definition) is 1. The van der Waals surface area contributed by atoms with Crippen LogP contribution in [0.2, 0.25) is 0 Å². The molecule has 1 N–H and O–H groups in total. The molecule has 0 saturated heterocycles. The van der Waals surface area contributed by atoms with Gasteiger partial charge in [-0.2, -0.15) is 0 Å². The van der Waals surface area contributed by atoms with E-state index >= 15 is 0 Å². The van der Waals surface area contributed by atoms with Crippen LogP contribution in [0.15, 0.2) is 78.9 Å². The van der Waals surface area contributed by atoms with E-state index in [2.05, 4.69) is 0 Å². The van der Waals surface area contributed by atoms with Gasteiger partial charge in [0.15, 0.2) is 11.6 Å². The van der Waals surface area contributed by atoms with Crippen molar-refractivity contribution in [3.8, 4) is 5.75 Å². The van der Waals surface area contributed by atoms with Gasteiger partial charge in [-0.25, -0.2) is 0 Å². The van der Waals surface area contributed by atoms with Gasteiger partial charge < -0.3 is 5.11 Å². The zero-order valence-corrected chi connectivity index (χ0v) is 13.3. The molecule has 1 aliphatic rings. The number of rotatable bonds is 2. The Bertz CT molecular complexity index is 1020. The lowest BCUT2D eigenvalue weighted by molar-refractivity contribution is 0.101. The fourth-order valence-electron chi connectivity index (χ4n) is 3.22. The van der Waals surface area contributed by atoms with Gasteiger partial charge in [-0.3, -0.25) is 9.59 Å².